The second kappa shape index (κ2) is 12.6. The number of nitrogens with zero attached hydrogens (tertiary/aromatic N) is 1. The van der Waals surface area contributed by atoms with Gasteiger partial charge in [-0.3, -0.25) is 4.98 Å². The van der Waals surface area contributed by atoms with Crippen molar-refractivity contribution in [3.05, 3.63) is 65.2 Å². The Bertz CT molecular complexity index is 698. The van der Waals surface area contributed by atoms with E-state index in [0.717, 1.165) is 38.1 Å². The zero-order valence-electron chi connectivity index (χ0n) is 19.1. The Morgan fingerprint density at radius 2 is 2.10 bits per heavy atom. The van der Waals surface area contributed by atoms with Crippen molar-refractivity contribution in [2.45, 2.75) is 84.7 Å². The van der Waals surface area contributed by atoms with E-state index >= 15 is 0 Å². The Kier molecular flexibility index (Phi) is 10.2. The molecule has 0 amide bonds. The molecule has 0 aliphatic heterocycles. The number of allylic oxidation sites excluding steroid dienone is 1. The molecular formula is C26H41N3. The molecule has 3 nitrogen and oxygen atoms in total. The number of rotatable bonds is 13. The molecule has 3 heteroatoms. The van der Waals surface area contributed by atoms with Crippen LogP contribution < -0.4 is 10.6 Å². The molecule has 0 spiro atoms. The van der Waals surface area contributed by atoms with Crippen LogP contribution in [0.15, 0.2) is 48.3 Å². The van der Waals surface area contributed by atoms with Gasteiger partial charge in [-0.25, -0.2) is 0 Å². The van der Waals surface area contributed by atoms with Crippen LogP contribution in [0.1, 0.15) is 75.6 Å². The minimum absolute atomic E-state index is 0.192. The number of hydrogen-bond donors (Lipinski definition) is 2. The van der Waals surface area contributed by atoms with Gasteiger partial charge in [-0.1, -0.05) is 70.7 Å². The van der Waals surface area contributed by atoms with Crippen LogP contribution in [0.3, 0.4) is 0 Å². The molecule has 1 heterocycles. The number of aromatic nitrogens is 1. The summed E-state index contributed by atoms with van der Waals surface area (Å²) in [6.45, 7) is 11.7. The number of hydrogen-bond acceptors (Lipinski definition) is 3. The molecule has 0 bridgehead atoms. The van der Waals surface area contributed by atoms with Crippen molar-refractivity contribution >= 4 is 0 Å². The van der Waals surface area contributed by atoms with Gasteiger partial charge in [0, 0.05) is 24.6 Å². The molecule has 2 N–H and O–H groups in total. The third-order valence-corrected chi connectivity index (χ3v) is 5.90. The maximum absolute atomic E-state index is 4.76. The molecule has 0 aromatic carbocycles. The van der Waals surface area contributed by atoms with Gasteiger partial charge >= 0.3 is 0 Å². The van der Waals surface area contributed by atoms with Gasteiger partial charge in [-0.05, 0) is 61.4 Å². The average Bonchev–Trinajstić information content (AvgIpc) is 2.67. The van der Waals surface area contributed by atoms with Crippen molar-refractivity contribution in [1.29, 1.82) is 0 Å². The van der Waals surface area contributed by atoms with Crippen LogP contribution in [0.5, 0.6) is 0 Å². The van der Waals surface area contributed by atoms with Gasteiger partial charge in [-0.15, -0.1) is 0 Å². The van der Waals surface area contributed by atoms with E-state index in [9.17, 15) is 0 Å². The lowest BCUT2D eigenvalue weighted by molar-refractivity contribution is 0.311. The lowest BCUT2D eigenvalue weighted by Crippen LogP contribution is -2.27. The molecule has 1 fully saturated rings. The minimum atomic E-state index is 0.192. The SMILES string of the molecule is C=C(CCC)/C(=C/NCc1cnc(CC2CCC2)c(C)c1)C(/C=C\CCC)NC. The van der Waals surface area contributed by atoms with E-state index in [1.807, 2.05) is 13.2 Å². The first-order valence-corrected chi connectivity index (χ1v) is 11.5. The van der Waals surface area contributed by atoms with E-state index in [1.165, 1.54) is 53.7 Å². The summed E-state index contributed by atoms with van der Waals surface area (Å²) < 4.78 is 0. The summed E-state index contributed by atoms with van der Waals surface area (Å²) in [7, 11) is 2.02. The van der Waals surface area contributed by atoms with E-state index in [4.69, 9.17) is 4.98 Å². The monoisotopic (exact) mass is 395 g/mol. The van der Waals surface area contributed by atoms with Gasteiger partial charge in [-0.2, -0.15) is 0 Å². The maximum atomic E-state index is 4.76. The molecule has 0 saturated heterocycles. The summed E-state index contributed by atoms with van der Waals surface area (Å²) in [6, 6.07) is 2.48. The fourth-order valence-corrected chi connectivity index (χ4v) is 3.83. The maximum Gasteiger partial charge on any atom is 0.0520 e. The molecule has 1 aliphatic carbocycles. The lowest BCUT2D eigenvalue weighted by atomic mass is 9.81. The third kappa shape index (κ3) is 7.47. The van der Waals surface area contributed by atoms with Gasteiger partial charge in [0.2, 0.25) is 0 Å². The average molecular weight is 396 g/mol. The predicted octanol–water partition coefficient (Wildman–Crippen LogP) is 6.01. The van der Waals surface area contributed by atoms with E-state index in [1.54, 1.807) is 0 Å². The van der Waals surface area contributed by atoms with E-state index in [2.05, 4.69) is 62.4 Å². The van der Waals surface area contributed by atoms with Gasteiger partial charge in [0.1, 0.15) is 0 Å². The Labute approximate surface area is 178 Å². The standard InChI is InChI=1S/C26H41N3/c1-6-8-9-14-25(27-5)24(20(3)11-7-2)19-28-17-23-15-21(4)26(29-18-23)16-22-12-10-13-22/h9,14-15,18-19,22,25,27-28H,3,6-8,10-13,16-17H2,1-2,4-5H3/b14-9-,24-19-. The van der Waals surface area contributed by atoms with Crippen molar-refractivity contribution in [1.82, 2.24) is 15.6 Å². The Balaban J connectivity index is 2.03. The van der Waals surface area contributed by atoms with Crippen molar-refractivity contribution in [3.8, 4) is 0 Å². The molecular weight excluding hydrogens is 354 g/mol. The predicted molar refractivity (Wildman–Crippen MR) is 126 cm³/mol. The summed E-state index contributed by atoms with van der Waals surface area (Å²) in [4.78, 5) is 4.76. The number of pyridine rings is 1. The highest BCUT2D eigenvalue weighted by atomic mass is 14.9. The fraction of sp³-hybridized carbons (Fsp3) is 0.577. The summed E-state index contributed by atoms with van der Waals surface area (Å²) >= 11 is 0. The highest BCUT2D eigenvalue weighted by molar-refractivity contribution is 5.36. The third-order valence-electron chi connectivity index (χ3n) is 5.90. The van der Waals surface area contributed by atoms with Crippen LogP contribution in [0.2, 0.25) is 0 Å². The summed E-state index contributed by atoms with van der Waals surface area (Å²) in [6.07, 6.45) is 18.4. The van der Waals surface area contributed by atoms with Gasteiger partial charge in [0.05, 0.1) is 6.04 Å². The van der Waals surface area contributed by atoms with Crippen LogP contribution in [0.25, 0.3) is 0 Å². The molecule has 160 valence electrons. The second-order valence-electron chi connectivity index (χ2n) is 8.43. The van der Waals surface area contributed by atoms with E-state index in [-0.39, 0.29) is 6.04 Å². The van der Waals surface area contributed by atoms with Crippen molar-refractivity contribution in [3.63, 3.8) is 0 Å². The van der Waals surface area contributed by atoms with Gasteiger partial charge in [0.15, 0.2) is 0 Å². The van der Waals surface area contributed by atoms with E-state index < -0.39 is 0 Å². The Morgan fingerprint density at radius 1 is 1.31 bits per heavy atom. The number of aryl methyl sites for hydroxylation is 1. The number of nitrogens with one attached hydrogen (secondary N) is 2. The highest BCUT2D eigenvalue weighted by Crippen LogP contribution is 2.30. The van der Waals surface area contributed by atoms with Crippen molar-refractivity contribution in [2.24, 2.45) is 5.92 Å². The molecule has 2 rings (SSSR count). The molecule has 1 aromatic rings. The zero-order chi connectivity index (χ0) is 21.1. The molecule has 1 aliphatic rings. The summed E-state index contributed by atoms with van der Waals surface area (Å²) in [5, 5.41) is 6.95. The first-order valence-electron chi connectivity index (χ1n) is 11.5. The van der Waals surface area contributed by atoms with Gasteiger partial charge < -0.3 is 10.6 Å². The highest BCUT2D eigenvalue weighted by Gasteiger charge is 2.19. The van der Waals surface area contributed by atoms with Crippen LogP contribution in [0, 0.1) is 12.8 Å². The molecule has 0 radical (unpaired) electrons. The molecule has 29 heavy (non-hydrogen) atoms. The first kappa shape index (κ1) is 23.4. The van der Waals surface area contributed by atoms with Gasteiger partial charge in [0.25, 0.3) is 0 Å². The minimum Gasteiger partial charge on any atom is -0.386 e. The summed E-state index contributed by atoms with van der Waals surface area (Å²) in [5.41, 5.74) is 6.28. The Hall–Kier alpha value is -1.87. The van der Waals surface area contributed by atoms with Crippen molar-refractivity contribution in [2.75, 3.05) is 7.05 Å². The smallest absolute Gasteiger partial charge is 0.0520 e. The zero-order valence-corrected chi connectivity index (χ0v) is 19.1. The van der Waals surface area contributed by atoms with Crippen LogP contribution in [-0.4, -0.2) is 18.1 Å². The number of likely N-dealkylation sites (N-methyl/N-ethyl adjacent to an activating group) is 1. The molecule has 1 unspecified atom stereocenters. The normalized spacial score (nSPS) is 16.1. The van der Waals surface area contributed by atoms with E-state index in [0.29, 0.717) is 0 Å². The molecule has 1 saturated carbocycles. The quantitative estimate of drug-likeness (QED) is 0.317. The van der Waals surface area contributed by atoms with Crippen molar-refractivity contribution < 1.29 is 0 Å². The topological polar surface area (TPSA) is 37.0 Å². The fourth-order valence-electron chi connectivity index (χ4n) is 3.83. The van der Waals surface area contributed by atoms with Crippen LogP contribution >= 0.6 is 0 Å². The second-order valence-corrected chi connectivity index (χ2v) is 8.43. The Morgan fingerprint density at radius 3 is 2.69 bits per heavy atom. The lowest BCUT2D eigenvalue weighted by Gasteiger charge is -2.25. The molecule has 1 aromatic heterocycles. The molecule has 1 atom stereocenters. The van der Waals surface area contributed by atoms with Crippen LogP contribution in [-0.2, 0) is 13.0 Å². The first-order chi connectivity index (χ1) is 14.1. The van der Waals surface area contributed by atoms with Crippen LogP contribution in [0.4, 0.5) is 0 Å². The number of unbranched alkanes of at least 4 members (excludes halogenated alkanes) is 1. The summed E-state index contributed by atoms with van der Waals surface area (Å²) in [5.74, 6) is 0.861. The largest absolute Gasteiger partial charge is 0.386 e.